The maximum atomic E-state index is 5.73. The SMILES string of the molecule is CCCCn1nnnc1NCc1cc(Br)c(OCCC)c(Br)c1. The number of ether oxygens (including phenoxy) is 1. The molecule has 1 aromatic heterocycles. The fraction of sp³-hybridized carbons (Fsp3) is 0.533. The lowest BCUT2D eigenvalue weighted by Crippen LogP contribution is -2.09. The summed E-state index contributed by atoms with van der Waals surface area (Å²) >= 11 is 7.13. The first-order valence-electron chi connectivity index (χ1n) is 7.76. The lowest BCUT2D eigenvalue weighted by Gasteiger charge is -2.12. The maximum Gasteiger partial charge on any atom is 0.243 e. The minimum Gasteiger partial charge on any atom is -0.491 e. The van der Waals surface area contributed by atoms with Crippen molar-refractivity contribution < 1.29 is 4.74 Å². The first kappa shape index (κ1) is 18.2. The van der Waals surface area contributed by atoms with Gasteiger partial charge in [-0.3, -0.25) is 0 Å². The number of hydrogen-bond acceptors (Lipinski definition) is 5. The predicted octanol–water partition coefficient (Wildman–Crippen LogP) is 4.40. The van der Waals surface area contributed by atoms with Gasteiger partial charge in [-0.1, -0.05) is 25.4 Å². The molecule has 0 aliphatic heterocycles. The van der Waals surface area contributed by atoms with Crippen LogP contribution in [0.25, 0.3) is 0 Å². The van der Waals surface area contributed by atoms with Crippen LogP contribution in [0.5, 0.6) is 5.75 Å². The molecule has 126 valence electrons. The van der Waals surface area contributed by atoms with Crippen LogP contribution in [-0.4, -0.2) is 26.8 Å². The molecule has 0 aliphatic carbocycles. The van der Waals surface area contributed by atoms with E-state index in [-0.39, 0.29) is 0 Å². The van der Waals surface area contributed by atoms with E-state index in [1.165, 1.54) is 0 Å². The van der Waals surface area contributed by atoms with Crippen LogP contribution >= 0.6 is 31.9 Å². The van der Waals surface area contributed by atoms with Gasteiger partial charge in [0.2, 0.25) is 5.95 Å². The molecule has 0 bridgehead atoms. The Morgan fingerprint density at radius 2 is 1.91 bits per heavy atom. The lowest BCUT2D eigenvalue weighted by atomic mass is 10.2. The second kappa shape index (κ2) is 9.22. The van der Waals surface area contributed by atoms with E-state index in [0.717, 1.165) is 46.1 Å². The van der Waals surface area contributed by atoms with Gasteiger partial charge in [0.1, 0.15) is 5.75 Å². The Morgan fingerprint density at radius 1 is 1.17 bits per heavy atom. The molecule has 6 nitrogen and oxygen atoms in total. The number of unbranched alkanes of at least 4 members (excludes halogenated alkanes) is 1. The van der Waals surface area contributed by atoms with Crippen molar-refractivity contribution >= 4 is 37.8 Å². The maximum absolute atomic E-state index is 5.73. The third kappa shape index (κ3) is 5.17. The van der Waals surface area contributed by atoms with E-state index in [4.69, 9.17) is 4.74 Å². The van der Waals surface area contributed by atoms with Crippen molar-refractivity contribution in [3.63, 3.8) is 0 Å². The number of benzene rings is 1. The first-order chi connectivity index (χ1) is 11.2. The highest BCUT2D eigenvalue weighted by atomic mass is 79.9. The molecule has 0 atom stereocenters. The van der Waals surface area contributed by atoms with Crippen LogP contribution in [0.2, 0.25) is 0 Å². The van der Waals surface area contributed by atoms with E-state index in [1.807, 2.05) is 12.1 Å². The summed E-state index contributed by atoms with van der Waals surface area (Å²) in [5.74, 6) is 1.53. The summed E-state index contributed by atoms with van der Waals surface area (Å²) in [4.78, 5) is 0. The first-order valence-corrected chi connectivity index (χ1v) is 9.35. The topological polar surface area (TPSA) is 64.9 Å². The van der Waals surface area contributed by atoms with Crippen LogP contribution in [0.1, 0.15) is 38.7 Å². The molecule has 1 heterocycles. The van der Waals surface area contributed by atoms with Gasteiger partial charge in [-0.25, -0.2) is 4.68 Å². The van der Waals surface area contributed by atoms with Crippen LogP contribution in [0.3, 0.4) is 0 Å². The summed E-state index contributed by atoms with van der Waals surface area (Å²) in [6.45, 7) is 6.39. The highest BCUT2D eigenvalue weighted by Gasteiger charge is 2.10. The van der Waals surface area contributed by atoms with E-state index in [1.54, 1.807) is 4.68 Å². The summed E-state index contributed by atoms with van der Waals surface area (Å²) in [5, 5.41) is 15.0. The number of aryl methyl sites for hydroxylation is 1. The van der Waals surface area contributed by atoms with Gasteiger partial charge in [-0.05, 0) is 72.8 Å². The van der Waals surface area contributed by atoms with Crippen LogP contribution < -0.4 is 10.1 Å². The molecule has 0 aliphatic rings. The Morgan fingerprint density at radius 3 is 2.57 bits per heavy atom. The van der Waals surface area contributed by atoms with Gasteiger partial charge in [-0.2, -0.15) is 0 Å². The minimum absolute atomic E-state index is 0.637. The van der Waals surface area contributed by atoms with Gasteiger partial charge in [0, 0.05) is 13.1 Å². The van der Waals surface area contributed by atoms with Crippen LogP contribution in [-0.2, 0) is 13.1 Å². The zero-order valence-electron chi connectivity index (χ0n) is 13.4. The summed E-state index contributed by atoms with van der Waals surface area (Å²) in [7, 11) is 0. The molecule has 0 saturated carbocycles. The predicted molar refractivity (Wildman–Crippen MR) is 97.7 cm³/mol. The number of nitrogens with zero attached hydrogens (tertiary/aromatic N) is 4. The second-order valence-corrected chi connectivity index (χ2v) is 6.88. The van der Waals surface area contributed by atoms with Crippen molar-refractivity contribution in [1.29, 1.82) is 0 Å². The molecule has 23 heavy (non-hydrogen) atoms. The van der Waals surface area contributed by atoms with Gasteiger partial charge in [-0.15, -0.1) is 0 Å². The number of nitrogens with one attached hydrogen (secondary N) is 1. The fourth-order valence-corrected chi connectivity index (χ4v) is 3.54. The molecule has 8 heteroatoms. The number of tetrazole rings is 1. The van der Waals surface area contributed by atoms with Gasteiger partial charge in [0.05, 0.1) is 15.6 Å². The van der Waals surface area contributed by atoms with Crippen molar-refractivity contribution in [3.05, 3.63) is 26.6 Å². The zero-order chi connectivity index (χ0) is 16.7. The van der Waals surface area contributed by atoms with Crippen molar-refractivity contribution in [2.24, 2.45) is 0 Å². The molecule has 0 fully saturated rings. The van der Waals surface area contributed by atoms with Gasteiger partial charge >= 0.3 is 0 Å². The molecule has 0 saturated heterocycles. The van der Waals surface area contributed by atoms with Crippen molar-refractivity contribution in [1.82, 2.24) is 20.2 Å². The normalized spacial score (nSPS) is 10.8. The Balaban J connectivity index is 2.02. The van der Waals surface area contributed by atoms with E-state index >= 15 is 0 Å². The summed E-state index contributed by atoms with van der Waals surface area (Å²) in [6, 6.07) is 4.09. The molecule has 2 aromatic rings. The Labute approximate surface area is 153 Å². The van der Waals surface area contributed by atoms with Crippen molar-refractivity contribution in [3.8, 4) is 5.75 Å². The van der Waals surface area contributed by atoms with Crippen LogP contribution in [0.4, 0.5) is 5.95 Å². The third-order valence-electron chi connectivity index (χ3n) is 3.21. The monoisotopic (exact) mass is 445 g/mol. The van der Waals surface area contributed by atoms with Crippen molar-refractivity contribution in [2.75, 3.05) is 11.9 Å². The molecule has 1 aromatic carbocycles. The number of hydrogen-bond donors (Lipinski definition) is 1. The molecule has 0 unspecified atom stereocenters. The Bertz CT molecular complexity index is 609. The average Bonchev–Trinajstić information content (AvgIpc) is 2.97. The number of aromatic nitrogens is 4. The van der Waals surface area contributed by atoms with Crippen LogP contribution in [0, 0.1) is 0 Å². The van der Waals surface area contributed by atoms with Crippen molar-refractivity contribution in [2.45, 2.75) is 46.2 Å². The van der Waals surface area contributed by atoms with Gasteiger partial charge in [0.15, 0.2) is 0 Å². The largest absolute Gasteiger partial charge is 0.491 e. The highest BCUT2D eigenvalue weighted by Crippen LogP contribution is 2.35. The van der Waals surface area contributed by atoms with E-state index in [0.29, 0.717) is 19.1 Å². The van der Waals surface area contributed by atoms with Gasteiger partial charge in [0.25, 0.3) is 0 Å². The highest BCUT2D eigenvalue weighted by molar-refractivity contribution is 9.11. The summed E-state index contributed by atoms with van der Waals surface area (Å²) in [5.41, 5.74) is 1.11. The third-order valence-corrected chi connectivity index (χ3v) is 4.39. The minimum atomic E-state index is 0.637. The number of rotatable bonds is 9. The molecule has 1 N–H and O–H groups in total. The summed E-state index contributed by atoms with van der Waals surface area (Å²) in [6.07, 6.45) is 3.14. The number of anilines is 1. The van der Waals surface area contributed by atoms with E-state index in [2.05, 4.69) is 66.5 Å². The van der Waals surface area contributed by atoms with E-state index in [9.17, 15) is 0 Å². The lowest BCUT2D eigenvalue weighted by molar-refractivity contribution is 0.313. The molecular formula is C15H21Br2N5O. The average molecular weight is 447 g/mol. The summed E-state index contributed by atoms with van der Waals surface area (Å²) < 4.78 is 9.40. The Kier molecular flexibility index (Phi) is 7.29. The number of halogens is 2. The second-order valence-electron chi connectivity index (χ2n) is 5.17. The zero-order valence-corrected chi connectivity index (χ0v) is 16.5. The molecule has 0 spiro atoms. The molecule has 2 rings (SSSR count). The Hall–Kier alpha value is -1.15. The van der Waals surface area contributed by atoms with E-state index < -0.39 is 0 Å². The van der Waals surface area contributed by atoms with Gasteiger partial charge < -0.3 is 10.1 Å². The van der Waals surface area contributed by atoms with Crippen LogP contribution in [0.15, 0.2) is 21.1 Å². The quantitative estimate of drug-likeness (QED) is 0.618. The molecule has 0 amide bonds. The fourth-order valence-electron chi connectivity index (χ4n) is 2.03. The molecular weight excluding hydrogens is 426 g/mol. The molecule has 0 radical (unpaired) electrons. The smallest absolute Gasteiger partial charge is 0.243 e. The standard InChI is InChI=1S/C15H21Br2N5O/c1-3-5-6-22-15(19-20-21-22)18-10-11-8-12(16)14(13(17)9-11)23-7-4-2/h8-9H,3-7,10H2,1-2H3,(H,18,19,21).